The van der Waals surface area contributed by atoms with Crippen molar-refractivity contribution in [3.8, 4) is 5.75 Å². The Hall–Kier alpha value is -1.02. The molecular weight excluding hydrogens is 248 g/mol. The van der Waals surface area contributed by atoms with E-state index in [2.05, 4.69) is 62.3 Å². The second-order valence-electron chi connectivity index (χ2n) is 8.09. The molecule has 0 amide bonds. The Balaban J connectivity index is 0.000000370. The smallest absolute Gasteiger partial charge is 0.119 e. The van der Waals surface area contributed by atoms with E-state index >= 15 is 0 Å². The number of para-hydroxylation sites is 1. The lowest BCUT2D eigenvalue weighted by molar-refractivity contribution is -0.102. The highest BCUT2D eigenvalue weighted by atomic mass is 16.5. The van der Waals surface area contributed by atoms with Gasteiger partial charge in [-0.3, -0.25) is 0 Å². The fourth-order valence-corrected chi connectivity index (χ4v) is 2.03. The predicted molar refractivity (Wildman–Crippen MR) is 87.4 cm³/mol. The molecule has 0 aliphatic rings. The quantitative estimate of drug-likeness (QED) is 0.699. The minimum absolute atomic E-state index is 0.0156. The van der Waals surface area contributed by atoms with Crippen molar-refractivity contribution in [1.29, 1.82) is 0 Å². The number of aromatic hydroxyl groups is 1. The minimum Gasteiger partial charge on any atom is -0.508 e. The van der Waals surface area contributed by atoms with Crippen molar-refractivity contribution in [2.24, 2.45) is 0 Å². The first-order chi connectivity index (χ1) is 8.72. The molecule has 0 heterocycles. The van der Waals surface area contributed by atoms with Crippen LogP contribution in [0.4, 0.5) is 0 Å². The summed E-state index contributed by atoms with van der Waals surface area (Å²) in [7, 11) is 0. The summed E-state index contributed by atoms with van der Waals surface area (Å²) in [5.74, 6) is 0.389. The van der Waals surface area contributed by atoms with Gasteiger partial charge in [-0.05, 0) is 58.6 Å². The van der Waals surface area contributed by atoms with Crippen LogP contribution in [0.5, 0.6) is 5.75 Å². The summed E-state index contributed by atoms with van der Waals surface area (Å²) < 4.78 is 5.62. The van der Waals surface area contributed by atoms with E-state index in [9.17, 15) is 5.11 Å². The van der Waals surface area contributed by atoms with Crippen LogP contribution in [0.25, 0.3) is 0 Å². The Morgan fingerprint density at radius 1 is 0.750 bits per heavy atom. The summed E-state index contributed by atoms with van der Waals surface area (Å²) in [6.07, 6.45) is 0. The molecule has 1 rings (SSSR count). The molecule has 0 spiro atoms. The molecule has 0 unspecified atom stereocenters. The van der Waals surface area contributed by atoms with E-state index in [0.717, 1.165) is 5.56 Å². The van der Waals surface area contributed by atoms with Crippen LogP contribution in [0.1, 0.15) is 67.9 Å². The van der Waals surface area contributed by atoms with Crippen molar-refractivity contribution in [2.75, 3.05) is 0 Å². The third-order valence-electron chi connectivity index (χ3n) is 2.32. The molecule has 0 aliphatic carbocycles. The van der Waals surface area contributed by atoms with E-state index in [4.69, 9.17) is 4.74 Å². The summed E-state index contributed by atoms with van der Waals surface area (Å²) in [4.78, 5) is 0. The maximum absolute atomic E-state index is 9.45. The number of hydrogen-bond donors (Lipinski definition) is 1. The van der Waals surface area contributed by atoms with Crippen LogP contribution in [0, 0.1) is 0 Å². The van der Waals surface area contributed by atoms with E-state index in [1.165, 1.54) is 0 Å². The monoisotopic (exact) mass is 280 g/mol. The lowest BCUT2D eigenvalue weighted by atomic mass is 9.86. The third kappa shape index (κ3) is 8.98. The van der Waals surface area contributed by atoms with Gasteiger partial charge in [-0.15, -0.1) is 0 Å². The Labute approximate surface area is 125 Å². The molecular formula is C18H32O2. The summed E-state index contributed by atoms with van der Waals surface area (Å²) >= 11 is 0. The van der Waals surface area contributed by atoms with Gasteiger partial charge in [-0.1, -0.05) is 39.0 Å². The topological polar surface area (TPSA) is 29.5 Å². The summed E-state index contributed by atoms with van der Waals surface area (Å²) in [5.41, 5.74) is 1.00. The van der Waals surface area contributed by atoms with Gasteiger partial charge in [0, 0.05) is 0 Å². The zero-order valence-corrected chi connectivity index (χ0v) is 14.7. The average Bonchev–Trinajstić information content (AvgIpc) is 2.11. The maximum Gasteiger partial charge on any atom is 0.119 e. The minimum atomic E-state index is -0.0156. The predicted octanol–water partition coefficient (Wildman–Crippen LogP) is 5.29. The maximum atomic E-state index is 9.45. The number of phenolic OH excluding ortho intramolecular Hbond substituents is 1. The molecule has 0 aromatic heterocycles. The molecule has 0 radical (unpaired) electrons. The van der Waals surface area contributed by atoms with Gasteiger partial charge in [0.1, 0.15) is 5.75 Å². The first kappa shape index (κ1) is 19.0. The number of phenols is 1. The molecule has 0 fully saturated rings. The van der Waals surface area contributed by atoms with E-state index in [0.29, 0.717) is 5.75 Å². The van der Waals surface area contributed by atoms with Crippen LogP contribution in [-0.2, 0) is 10.2 Å². The van der Waals surface area contributed by atoms with Crippen LogP contribution >= 0.6 is 0 Å². The molecule has 2 heteroatoms. The zero-order chi connectivity index (χ0) is 16.2. The fraction of sp³-hybridized carbons (Fsp3) is 0.667. The van der Waals surface area contributed by atoms with Crippen LogP contribution in [0.15, 0.2) is 24.3 Å². The first-order valence-corrected chi connectivity index (χ1v) is 7.21. The van der Waals surface area contributed by atoms with Crippen molar-refractivity contribution in [3.63, 3.8) is 0 Å². The number of hydrogen-bond acceptors (Lipinski definition) is 2. The molecule has 116 valence electrons. The number of ether oxygens (including phenoxy) is 1. The van der Waals surface area contributed by atoms with Crippen LogP contribution in [0.2, 0.25) is 0 Å². The Morgan fingerprint density at radius 2 is 1.15 bits per heavy atom. The van der Waals surface area contributed by atoms with Gasteiger partial charge in [0.15, 0.2) is 0 Å². The standard InChI is InChI=1S/C10H14O.C8H18O/c1-10(2,3)8-6-4-5-7-9(8)11;1-7(2,3)9-8(4,5)6/h4-7,11H,1-3H3;1-6H3. The lowest BCUT2D eigenvalue weighted by Gasteiger charge is -2.30. The van der Waals surface area contributed by atoms with Gasteiger partial charge in [0.05, 0.1) is 11.2 Å². The largest absolute Gasteiger partial charge is 0.508 e. The molecule has 20 heavy (non-hydrogen) atoms. The van der Waals surface area contributed by atoms with Crippen LogP contribution in [-0.4, -0.2) is 16.3 Å². The Morgan fingerprint density at radius 3 is 1.35 bits per heavy atom. The summed E-state index contributed by atoms with van der Waals surface area (Å²) in [5, 5.41) is 9.45. The molecule has 0 bridgehead atoms. The van der Waals surface area contributed by atoms with Gasteiger partial charge in [-0.2, -0.15) is 0 Å². The number of rotatable bonds is 0. The summed E-state index contributed by atoms with van der Waals surface area (Å²) in [6.45, 7) is 18.7. The van der Waals surface area contributed by atoms with Crippen LogP contribution < -0.4 is 0 Å². The molecule has 1 aromatic rings. The first-order valence-electron chi connectivity index (χ1n) is 7.21. The highest BCUT2D eigenvalue weighted by Gasteiger charge is 2.20. The summed E-state index contributed by atoms with van der Waals surface area (Å²) in [6, 6.07) is 7.46. The van der Waals surface area contributed by atoms with E-state index in [1.807, 2.05) is 18.2 Å². The number of benzene rings is 1. The van der Waals surface area contributed by atoms with E-state index < -0.39 is 0 Å². The second-order valence-corrected chi connectivity index (χ2v) is 8.09. The normalized spacial score (nSPS) is 12.7. The second kappa shape index (κ2) is 6.62. The van der Waals surface area contributed by atoms with Gasteiger partial charge in [0.25, 0.3) is 0 Å². The molecule has 0 aliphatic heterocycles. The van der Waals surface area contributed by atoms with Crippen molar-refractivity contribution < 1.29 is 9.84 Å². The Kier molecular flexibility index (Phi) is 6.28. The van der Waals surface area contributed by atoms with E-state index in [-0.39, 0.29) is 16.6 Å². The SMILES string of the molecule is CC(C)(C)OC(C)(C)C.CC(C)(C)c1ccccc1O. The average molecular weight is 280 g/mol. The molecule has 1 aromatic carbocycles. The van der Waals surface area contributed by atoms with Crippen LogP contribution in [0.3, 0.4) is 0 Å². The molecule has 1 N–H and O–H groups in total. The highest BCUT2D eigenvalue weighted by molar-refractivity contribution is 5.36. The van der Waals surface area contributed by atoms with Crippen molar-refractivity contribution >= 4 is 0 Å². The highest BCUT2D eigenvalue weighted by Crippen LogP contribution is 2.29. The lowest BCUT2D eigenvalue weighted by Crippen LogP contribution is -2.31. The van der Waals surface area contributed by atoms with Gasteiger partial charge >= 0.3 is 0 Å². The van der Waals surface area contributed by atoms with Crippen molar-refractivity contribution in [1.82, 2.24) is 0 Å². The molecule has 0 saturated heterocycles. The van der Waals surface area contributed by atoms with Gasteiger partial charge in [-0.25, -0.2) is 0 Å². The molecule has 2 nitrogen and oxygen atoms in total. The van der Waals surface area contributed by atoms with Gasteiger partial charge in [0.2, 0.25) is 0 Å². The van der Waals surface area contributed by atoms with Crippen molar-refractivity contribution in [2.45, 2.75) is 78.9 Å². The van der Waals surface area contributed by atoms with E-state index in [1.54, 1.807) is 6.07 Å². The third-order valence-corrected chi connectivity index (χ3v) is 2.32. The van der Waals surface area contributed by atoms with Gasteiger partial charge < -0.3 is 9.84 Å². The zero-order valence-electron chi connectivity index (χ0n) is 14.7. The van der Waals surface area contributed by atoms with Crippen molar-refractivity contribution in [3.05, 3.63) is 29.8 Å². The molecule has 0 saturated carbocycles. The molecule has 0 atom stereocenters. The Bertz CT molecular complexity index is 389. The fourth-order valence-electron chi connectivity index (χ4n) is 2.03.